The molecule has 1 fully saturated rings. The third-order valence-corrected chi connectivity index (χ3v) is 4.29. The number of hydrogen-bond acceptors (Lipinski definition) is 2. The molecule has 0 aromatic carbocycles. The first-order valence-electron chi connectivity index (χ1n) is 8.33. The number of carboxylic acid groups (broad SMARTS) is 1. The van der Waals surface area contributed by atoms with Crippen LogP contribution in [0.3, 0.4) is 0 Å². The number of likely N-dealkylation sites (tertiary alicyclic amines) is 1. The van der Waals surface area contributed by atoms with Gasteiger partial charge in [-0.2, -0.15) is 0 Å². The summed E-state index contributed by atoms with van der Waals surface area (Å²) < 4.78 is 0. The molecule has 0 aromatic heterocycles. The van der Waals surface area contributed by atoms with Crippen molar-refractivity contribution < 1.29 is 14.7 Å². The lowest BCUT2D eigenvalue weighted by atomic mass is 9.92. The second-order valence-corrected chi connectivity index (χ2v) is 6.10. The van der Waals surface area contributed by atoms with Gasteiger partial charge in [0.25, 0.3) is 0 Å². The summed E-state index contributed by atoms with van der Waals surface area (Å²) >= 11 is 0. The normalized spacial score (nSPS) is 22.1. The van der Waals surface area contributed by atoms with Crippen LogP contribution in [0, 0.1) is 5.92 Å². The zero-order chi connectivity index (χ0) is 15.7. The highest BCUT2D eigenvalue weighted by atomic mass is 16.4. The SMILES string of the molecule is CCCCCCCCNC(=O)N1CCC(C(=O)O)CC1C. The molecule has 0 aromatic rings. The molecule has 2 unspecified atom stereocenters. The van der Waals surface area contributed by atoms with E-state index in [2.05, 4.69) is 12.2 Å². The van der Waals surface area contributed by atoms with Crippen molar-refractivity contribution in [1.29, 1.82) is 0 Å². The molecule has 1 saturated heterocycles. The Morgan fingerprint density at radius 3 is 2.48 bits per heavy atom. The average molecular weight is 298 g/mol. The van der Waals surface area contributed by atoms with Gasteiger partial charge in [-0.15, -0.1) is 0 Å². The highest BCUT2D eigenvalue weighted by molar-refractivity contribution is 5.75. The molecule has 0 aliphatic carbocycles. The van der Waals surface area contributed by atoms with Crippen molar-refractivity contribution in [3.8, 4) is 0 Å². The molecule has 1 aliphatic heterocycles. The zero-order valence-electron chi connectivity index (χ0n) is 13.4. The molecule has 0 saturated carbocycles. The molecule has 0 radical (unpaired) electrons. The van der Waals surface area contributed by atoms with Crippen LogP contribution in [-0.4, -0.2) is 41.1 Å². The highest BCUT2D eigenvalue weighted by Crippen LogP contribution is 2.22. The Kier molecular flexibility index (Phi) is 8.16. The first-order valence-corrected chi connectivity index (χ1v) is 8.33. The third-order valence-electron chi connectivity index (χ3n) is 4.29. The number of unbranched alkanes of at least 4 members (excludes halogenated alkanes) is 5. The van der Waals surface area contributed by atoms with Gasteiger partial charge in [0.15, 0.2) is 0 Å². The van der Waals surface area contributed by atoms with E-state index in [1.165, 1.54) is 25.7 Å². The van der Waals surface area contributed by atoms with Crippen molar-refractivity contribution in [2.24, 2.45) is 5.92 Å². The lowest BCUT2D eigenvalue weighted by Crippen LogP contribution is -2.50. The largest absolute Gasteiger partial charge is 0.481 e. The van der Waals surface area contributed by atoms with Gasteiger partial charge >= 0.3 is 12.0 Å². The number of hydrogen-bond donors (Lipinski definition) is 2. The molecule has 0 bridgehead atoms. The summed E-state index contributed by atoms with van der Waals surface area (Å²) in [5.74, 6) is -1.04. The molecule has 2 atom stereocenters. The summed E-state index contributed by atoms with van der Waals surface area (Å²) in [7, 11) is 0. The zero-order valence-corrected chi connectivity index (χ0v) is 13.4. The molecular weight excluding hydrogens is 268 g/mol. The van der Waals surface area contributed by atoms with E-state index in [0.717, 1.165) is 19.4 Å². The van der Waals surface area contributed by atoms with Gasteiger partial charge in [-0.25, -0.2) is 4.79 Å². The van der Waals surface area contributed by atoms with Crippen LogP contribution in [-0.2, 0) is 4.79 Å². The number of urea groups is 1. The topological polar surface area (TPSA) is 69.6 Å². The maximum absolute atomic E-state index is 12.1. The van der Waals surface area contributed by atoms with Gasteiger partial charge in [-0.1, -0.05) is 39.0 Å². The van der Waals surface area contributed by atoms with Gasteiger partial charge in [0.2, 0.25) is 0 Å². The molecule has 1 heterocycles. The predicted octanol–water partition coefficient (Wildman–Crippen LogP) is 3.24. The highest BCUT2D eigenvalue weighted by Gasteiger charge is 2.31. The Morgan fingerprint density at radius 1 is 1.19 bits per heavy atom. The van der Waals surface area contributed by atoms with Crippen molar-refractivity contribution >= 4 is 12.0 Å². The number of carboxylic acids is 1. The second-order valence-electron chi connectivity index (χ2n) is 6.10. The number of carbonyl (C=O) groups is 2. The maximum atomic E-state index is 12.1. The molecule has 1 aliphatic rings. The molecule has 122 valence electrons. The van der Waals surface area contributed by atoms with E-state index in [1.54, 1.807) is 4.90 Å². The molecule has 0 spiro atoms. The van der Waals surface area contributed by atoms with Gasteiger partial charge in [0.1, 0.15) is 0 Å². The van der Waals surface area contributed by atoms with Gasteiger partial charge in [-0.3, -0.25) is 4.79 Å². The summed E-state index contributed by atoms with van der Waals surface area (Å²) in [6.45, 7) is 5.39. The van der Waals surface area contributed by atoms with Crippen LogP contribution >= 0.6 is 0 Å². The second kappa shape index (κ2) is 9.64. The standard InChI is InChI=1S/C16H30N2O3/c1-3-4-5-6-7-8-10-17-16(21)18-11-9-14(15(19)20)12-13(18)2/h13-14H,3-12H2,1-2H3,(H,17,21)(H,19,20). The van der Waals surface area contributed by atoms with Crippen LogP contribution in [0.15, 0.2) is 0 Å². The average Bonchev–Trinajstić information content (AvgIpc) is 2.45. The quantitative estimate of drug-likeness (QED) is 0.676. The van der Waals surface area contributed by atoms with Crippen molar-refractivity contribution in [3.05, 3.63) is 0 Å². The van der Waals surface area contributed by atoms with Gasteiger partial charge in [0.05, 0.1) is 5.92 Å². The van der Waals surface area contributed by atoms with E-state index < -0.39 is 5.97 Å². The summed E-state index contributed by atoms with van der Waals surface area (Å²) in [5.41, 5.74) is 0. The third kappa shape index (κ3) is 6.36. The number of rotatable bonds is 8. The van der Waals surface area contributed by atoms with E-state index in [0.29, 0.717) is 19.4 Å². The van der Waals surface area contributed by atoms with E-state index in [1.807, 2.05) is 6.92 Å². The van der Waals surface area contributed by atoms with Crippen LogP contribution in [0.25, 0.3) is 0 Å². The maximum Gasteiger partial charge on any atom is 0.317 e. The van der Waals surface area contributed by atoms with Crippen LogP contribution in [0.5, 0.6) is 0 Å². The minimum Gasteiger partial charge on any atom is -0.481 e. The molecule has 5 nitrogen and oxygen atoms in total. The fourth-order valence-corrected chi connectivity index (χ4v) is 2.90. The Bertz CT molecular complexity index is 333. The van der Waals surface area contributed by atoms with Crippen molar-refractivity contribution in [2.45, 2.75) is 71.3 Å². The van der Waals surface area contributed by atoms with E-state index in [-0.39, 0.29) is 18.0 Å². The summed E-state index contributed by atoms with van der Waals surface area (Å²) in [5, 5.41) is 12.0. The minimum atomic E-state index is -0.742. The number of amides is 2. The molecule has 2 amide bonds. The lowest BCUT2D eigenvalue weighted by molar-refractivity contribution is -0.143. The van der Waals surface area contributed by atoms with Crippen molar-refractivity contribution in [1.82, 2.24) is 10.2 Å². The summed E-state index contributed by atoms with van der Waals surface area (Å²) in [6.07, 6.45) is 8.37. The van der Waals surface area contributed by atoms with Crippen LogP contribution < -0.4 is 5.32 Å². The Hall–Kier alpha value is -1.26. The predicted molar refractivity (Wildman–Crippen MR) is 83.3 cm³/mol. The fraction of sp³-hybridized carbons (Fsp3) is 0.875. The van der Waals surface area contributed by atoms with Crippen LogP contribution in [0.1, 0.15) is 65.2 Å². The summed E-state index contributed by atoms with van der Waals surface area (Å²) in [4.78, 5) is 24.8. The Balaban J connectivity index is 2.16. The molecule has 1 rings (SSSR count). The summed E-state index contributed by atoms with van der Waals surface area (Å²) in [6, 6.07) is -0.0377. The molecule has 2 N–H and O–H groups in total. The van der Waals surface area contributed by atoms with Gasteiger partial charge in [0, 0.05) is 19.1 Å². The van der Waals surface area contributed by atoms with Crippen LogP contribution in [0.4, 0.5) is 4.79 Å². The first-order chi connectivity index (χ1) is 10.1. The molecule has 5 heteroatoms. The van der Waals surface area contributed by atoms with Gasteiger partial charge < -0.3 is 15.3 Å². The van der Waals surface area contributed by atoms with Crippen LogP contribution in [0.2, 0.25) is 0 Å². The fourth-order valence-electron chi connectivity index (χ4n) is 2.90. The number of carbonyl (C=O) groups excluding carboxylic acids is 1. The number of piperidine rings is 1. The van der Waals surface area contributed by atoms with E-state index in [9.17, 15) is 9.59 Å². The molecular formula is C16H30N2O3. The smallest absolute Gasteiger partial charge is 0.317 e. The lowest BCUT2D eigenvalue weighted by Gasteiger charge is -2.36. The Morgan fingerprint density at radius 2 is 1.86 bits per heavy atom. The Labute approximate surface area is 128 Å². The number of nitrogens with zero attached hydrogens (tertiary/aromatic N) is 1. The number of aliphatic carboxylic acids is 1. The van der Waals surface area contributed by atoms with E-state index >= 15 is 0 Å². The van der Waals surface area contributed by atoms with Crippen molar-refractivity contribution in [3.63, 3.8) is 0 Å². The first kappa shape index (κ1) is 17.8. The van der Waals surface area contributed by atoms with Crippen molar-refractivity contribution in [2.75, 3.05) is 13.1 Å². The number of nitrogens with one attached hydrogen (secondary N) is 1. The van der Waals surface area contributed by atoms with E-state index in [4.69, 9.17) is 5.11 Å². The monoisotopic (exact) mass is 298 g/mol. The van der Waals surface area contributed by atoms with Gasteiger partial charge in [-0.05, 0) is 26.2 Å². The molecule has 21 heavy (non-hydrogen) atoms. The minimum absolute atomic E-state index is 0.00408.